The monoisotopic (exact) mass is 278 g/mol. The quantitative estimate of drug-likeness (QED) is 0.772. The molecule has 0 radical (unpaired) electrons. The summed E-state index contributed by atoms with van der Waals surface area (Å²) in [6.45, 7) is 0. The highest BCUT2D eigenvalue weighted by molar-refractivity contribution is 9.11. The minimum absolute atomic E-state index is 0.683. The fourth-order valence-electron chi connectivity index (χ4n) is 1.26. The molecule has 0 saturated heterocycles. The summed E-state index contributed by atoms with van der Waals surface area (Å²) in [7, 11) is 0. The van der Waals surface area contributed by atoms with Crippen molar-refractivity contribution in [3.8, 4) is 0 Å². The molecule has 1 fully saturated rings. The summed E-state index contributed by atoms with van der Waals surface area (Å²) in [4.78, 5) is 4.21. The fourth-order valence-corrected chi connectivity index (χ4v) is 2.47. The Hall–Kier alpha value is 0.170. The predicted octanol–water partition coefficient (Wildman–Crippen LogP) is 3.13. The largest absolute Gasteiger partial charge is 0.321 e. The van der Waals surface area contributed by atoms with E-state index < -0.39 is 0 Å². The van der Waals surface area contributed by atoms with Gasteiger partial charge in [-0.25, -0.2) is 4.98 Å². The van der Waals surface area contributed by atoms with Gasteiger partial charge in [-0.2, -0.15) is 0 Å². The van der Waals surface area contributed by atoms with Gasteiger partial charge in [0, 0.05) is 12.2 Å². The summed E-state index contributed by atoms with van der Waals surface area (Å²) in [5, 5.41) is 0. The van der Waals surface area contributed by atoms with Crippen LogP contribution in [0.1, 0.15) is 25.3 Å². The molecule has 1 aliphatic rings. The highest BCUT2D eigenvalue weighted by atomic mass is 79.9. The van der Waals surface area contributed by atoms with Crippen molar-refractivity contribution in [1.29, 1.82) is 0 Å². The number of halogens is 2. The fraction of sp³-hybridized carbons (Fsp3) is 0.571. The van der Waals surface area contributed by atoms with E-state index in [9.17, 15) is 0 Å². The van der Waals surface area contributed by atoms with Crippen LogP contribution >= 0.6 is 31.9 Å². The zero-order chi connectivity index (χ0) is 7.84. The van der Waals surface area contributed by atoms with Crippen LogP contribution < -0.4 is 0 Å². The zero-order valence-electron chi connectivity index (χ0n) is 5.93. The van der Waals surface area contributed by atoms with Crippen molar-refractivity contribution in [2.45, 2.75) is 25.3 Å². The molecule has 2 rings (SSSR count). The lowest BCUT2D eigenvalue weighted by atomic mass is 9.93. The van der Waals surface area contributed by atoms with Gasteiger partial charge >= 0.3 is 0 Å². The molecule has 0 aliphatic heterocycles. The van der Waals surface area contributed by atoms with E-state index in [0.717, 1.165) is 9.34 Å². The molecule has 60 valence electrons. The van der Waals surface area contributed by atoms with E-state index in [1.54, 1.807) is 0 Å². The Morgan fingerprint density at radius 2 is 2.18 bits per heavy atom. The molecular formula is C7H8Br2N2. The van der Waals surface area contributed by atoms with Crippen LogP contribution in [0.25, 0.3) is 0 Å². The van der Waals surface area contributed by atoms with Gasteiger partial charge in [-0.05, 0) is 51.1 Å². The van der Waals surface area contributed by atoms with Gasteiger partial charge in [0.05, 0.1) is 0 Å². The van der Waals surface area contributed by atoms with Gasteiger partial charge in [-0.1, -0.05) is 0 Å². The van der Waals surface area contributed by atoms with E-state index in [4.69, 9.17) is 0 Å². The van der Waals surface area contributed by atoms with Gasteiger partial charge in [0.1, 0.15) is 4.60 Å². The first-order valence-corrected chi connectivity index (χ1v) is 5.26. The molecule has 1 saturated carbocycles. The van der Waals surface area contributed by atoms with Gasteiger partial charge in [0.25, 0.3) is 0 Å². The number of imidazole rings is 1. The molecule has 1 aromatic rings. The lowest BCUT2D eigenvalue weighted by molar-refractivity contribution is 0.309. The van der Waals surface area contributed by atoms with Crippen LogP contribution in [0.4, 0.5) is 0 Å². The summed E-state index contributed by atoms with van der Waals surface area (Å²) >= 11 is 6.76. The van der Waals surface area contributed by atoms with Gasteiger partial charge < -0.3 is 4.57 Å². The summed E-state index contributed by atoms with van der Waals surface area (Å²) in [5.74, 6) is 0. The Labute approximate surface area is 82.3 Å². The van der Waals surface area contributed by atoms with Gasteiger partial charge in [-0.3, -0.25) is 0 Å². The molecule has 2 nitrogen and oxygen atoms in total. The Morgan fingerprint density at radius 3 is 2.55 bits per heavy atom. The summed E-state index contributed by atoms with van der Waals surface area (Å²) < 4.78 is 4.04. The minimum Gasteiger partial charge on any atom is -0.321 e. The number of hydrogen-bond acceptors (Lipinski definition) is 1. The first kappa shape index (κ1) is 7.80. The van der Waals surface area contributed by atoms with E-state index in [1.807, 2.05) is 6.20 Å². The van der Waals surface area contributed by atoms with Crippen molar-refractivity contribution < 1.29 is 0 Å². The first-order chi connectivity index (χ1) is 5.27. The second kappa shape index (κ2) is 2.90. The van der Waals surface area contributed by atoms with Crippen LogP contribution in [0.15, 0.2) is 15.5 Å². The Morgan fingerprint density at radius 1 is 1.45 bits per heavy atom. The molecule has 0 atom stereocenters. The highest BCUT2D eigenvalue weighted by Gasteiger charge is 2.21. The summed E-state index contributed by atoms with van der Waals surface area (Å²) in [6.07, 6.45) is 5.98. The molecule has 0 N–H and O–H groups in total. The van der Waals surface area contributed by atoms with Crippen molar-refractivity contribution in [3.63, 3.8) is 0 Å². The Bertz CT molecular complexity index is 265. The van der Waals surface area contributed by atoms with E-state index in [-0.39, 0.29) is 0 Å². The number of rotatable bonds is 1. The van der Waals surface area contributed by atoms with Gasteiger partial charge in [0.2, 0.25) is 0 Å². The van der Waals surface area contributed by atoms with Gasteiger partial charge in [-0.15, -0.1) is 0 Å². The molecule has 0 bridgehead atoms. The van der Waals surface area contributed by atoms with Crippen molar-refractivity contribution in [3.05, 3.63) is 15.5 Å². The topological polar surface area (TPSA) is 17.8 Å². The maximum Gasteiger partial charge on any atom is 0.178 e. The Balaban J connectivity index is 2.28. The van der Waals surface area contributed by atoms with Crippen LogP contribution in [-0.2, 0) is 0 Å². The predicted molar refractivity (Wildman–Crippen MR) is 50.5 cm³/mol. The lowest BCUT2D eigenvalue weighted by Crippen LogP contribution is -2.16. The normalized spacial score (nSPS) is 18.4. The minimum atomic E-state index is 0.683. The number of aromatic nitrogens is 2. The average molecular weight is 280 g/mol. The lowest BCUT2D eigenvalue weighted by Gasteiger charge is -2.27. The molecular weight excluding hydrogens is 272 g/mol. The van der Waals surface area contributed by atoms with E-state index in [2.05, 4.69) is 41.4 Å². The average Bonchev–Trinajstić information content (AvgIpc) is 2.07. The SMILES string of the molecule is Brc1cn(C2CCC2)c(Br)n1. The van der Waals surface area contributed by atoms with Crippen molar-refractivity contribution >= 4 is 31.9 Å². The third kappa shape index (κ3) is 1.38. The number of hydrogen-bond donors (Lipinski definition) is 0. The van der Waals surface area contributed by atoms with Crippen molar-refractivity contribution in [2.24, 2.45) is 0 Å². The molecule has 0 unspecified atom stereocenters. The van der Waals surface area contributed by atoms with Gasteiger partial charge in [0.15, 0.2) is 4.73 Å². The highest BCUT2D eigenvalue weighted by Crippen LogP contribution is 2.34. The van der Waals surface area contributed by atoms with Crippen LogP contribution in [0.3, 0.4) is 0 Å². The van der Waals surface area contributed by atoms with Crippen LogP contribution in [0.5, 0.6) is 0 Å². The second-order valence-corrected chi connectivity index (χ2v) is 4.35. The second-order valence-electron chi connectivity index (χ2n) is 2.82. The third-order valence-corrected chi connectivity index (χ3v) is 3.09. The molecule has 0 amide bonds. The summed E-state index contributed by atoms with van der Waals surface area (Å²) in [5.41, 5.74) is 0. The molecule has 0 spiro atoms. The van der Waals surface area contributed by atoms with E-state index >= 15 is 0 Å². The smallest absolute Gasteiger partial charge is 0.178 e. The third-order valence-electron chi connectivity index (χ3n) is 2.13. The van der Waals surface area contributed by atoms with Crippen LogP contribution in [0, 0.1) is 0 Å². The standard InChI is InChI=1S/C7H8Br2N2/c8-6-4-11(7(9)10-6)5-2-1-3-5/h4-5H,1-3H2. The van der Waals surface area contributed by atoms with Crippen LogP contribution in [0.2, 0.25) is 0 Å². The number of nitrogens with zero attached hydrogens (tertiary/aromatic N) is 2. The molecule has 0 aromatic carbocycles. The van der Waals surface area contributed by atoms with Crippen molar-refractivity contribution in [2.75, 3.05) is 0 Å². The van der Waals surface area contributed by atoms with E-state index in [1.165, 1.54) is 19.3 Å². The maximum atomic E-state index is 4.21. The zero-order valence-corrected chi connectivity index (χ0v) is 9.10. The van der Waals surface area contributed by atoms with Crippen molar-refractivity contribution in [1.82, 2.24) is 9.55 Å². The first-order valence-electron chi connectivity index (χ1n) is 3.67. The Kier molecular flexibility index (Phi) is 2.06. The molecule has 11 heavy (non-hydrogen) atoms. The molecule has 1 aliphatic carbocycles. The maximum absolute atomic E-state index is 4.21. The van der Waals surface area contributed by atoms with Crippen LogP contribution in [-0.4, -0.2) is 9.55 Å². The van der Waals surface area contributed by atoms with E-state index in [0.29, 0.717) is 6.04 Å². The molecule has 1 heterocycles. The summed E-state index contributed by atoms with van der Waals surface area (Å²) in [6, 6.07) is 0.683. The molecule has 1 aromatic heterocycles. The molecule has 4 heteroatoms.